The van der Waals surface area contributed by atoms with E-state index in [4.69, 9.17) is 0 Å². The average Bonchev–Trinajstić information content (AvgIpc) is 3.05. The van der Waals surface area contributed by atoms with E-state index in [2.05, 4.69) is 15.3 Å². The lowest BCUT2D eigenvalue weighted by atomic mass is 10.0. The van der Waals surface area contributed by atoms with Crippen LogP contribution < -0.4 is 10.9 Å². The van der Waals surface area contributed by atoms with Crippen molar-refractivity contribution in [3.8, 4) is 11.1 Å². The van der Waals surface area contributed by atoms with Crippen LogP contribution in [0.5, 0.6) is 0 Å². The number of carbonyl (C=O) groups is 1. The number of nitrogens with zero attached hydrogens (tertiary/aromatic N) is 1. The Morgan fingerprint density at radius 3 is 2.45 bits per heavy atom. The maximum Gasteiger partial charge on any atom is 0.260 e. The number of amides is 1. The molecule has 146 valence electrons. The zero-order valence-electron chi connectivity index (χ0n) is 15.9. The lowest BCUT2D eigenvalue weighted by Gasteiger charge is -2.11. The summed E-state index contributed by atoms with van der Waals surface area (Å²) in [4.78, 5) is 34.5. The number of nitrogens with one attached hydrogen (secondary N) is 2. The van der Waals surface area contributed by atoms with Gasteiger partial charge in [0.15, 0.2) is 5.16 Å². The second-order valence-corrected chi connectivity index (χ2v) is 9.10. The Hall–Kier alpha value is -2.90. The van der Waals surface area contributed by atoms with Gasteiger partial charge in [0, 0.05) is 16.1 Å². The molecule has 0 spiro atoms. The van der Waals surface area contributed by atoms with Crippen LogP contribution in [-0.4, -0.2) is 21.1 Å². The van der Waals surface area contributed by atoms with Gasteiger partial charge < -0.3 is 10.3 Å². The molecule has 0 saturated heterocycles. The molecule has 2 N–H and O–H groups in total. The zero-order chi connectivity index (χ0) is 20.4. The molecule has 0 radical (unpaired) electrons. The van der Waals surface area contributed by atoms with E-state index >= 15 is 0 Å². The van der Waals surface area contributed by atoms with Crippen molar-refractivity contribution in [2.75, 3.05) is 5.32 Å². The molecule has 1 amide bonds. The van der Waals surface area contributed by atoms with Gasteiger partial charge >= 0.3 is 0 Å². The number of aromatic nitrogens is 2. The molecule has 0 saturated carbocycles. The molecule has 1 unspecified atom stereocenters. The molecule has 4 rings (SSSR count). The Balaban J connectivity index is 1.61. The standard InChI is InChI=1S/C22H19N3O2S2/c1-13-17(15-9-5-3-6-10-15)18-20(27)24-22(25-21(18)28-13)29-14(2)19(26)23-16-11-7-4-8-12-16/h3-12,14H,1-2H3,(H,23,26)(H,24,25,27). The highest BCUT2D eigenvalue weighted by Crippen LogP contribution is 2.36. The zero-order valence-corrected chi connectivity index (χ0v) is 17.6. The number of aryl methyl sites for hydroxylation is 1. The van der Waals surface area contributed by atoms with E-state index in [9.17, 15) is 9.59 Å². The lowest BCUT2D eigenvalue weighted by Crippen LogP contribution is -2.23. The molecular formula is C22H19N3O2S2. The fourth-order valence-corrected chi connectivity index (χ4v) is 4.99. The van der Waals surface area contributed by atoms with E-state index in [1.165, 1.54) is 23.1 Å². The second-order valence-electron chi connectivity index (χ2n) is 6.57. The summed E-state index contributed by atoms with van der Waals surface area (Å²) in [5.41, 5.74) is 2.48. The second kappa shape index (κ2) is 8.23. The van der Waals surface area contributed by atoms with E-state index in [0.29, 0.717) is 15.4 Å². The SMILES string of the molecule is Cc1sc2nc(SC(C)C(=O)Nc3ccccc3)[nH]c(=O)c2c1-c1ccccc1. The molecule has 2 aromatic heterocycles. The number of H-pyrrole nitrogens is 1. The summed E-state index contributed by atoms with van der Waals surface area (Å²) < 4.78 is 0. The Kier molecular flexibility index (Phi) is 5.51. The molecule has 2 heterocycles. The van der Waals surface area contributed by atoms with Crippen molar-refractivity contribution in [2.24, 2.45) is 0 Å². The molecule has 0 aliphatic carbocycles. The van der Waals surface area contributed by atoms with Crippen LogP contribution in [0.15, 0.2) is 70.6 Å². The highest BCUT2D eigenvalue weighted by Gasteiger charge is 2.20. The third-order valence-corrected chi connectivity index (χ3v) is 6.46. The van der Waals surface area contributed by atoms with Crippen molar-refractivity contribution in [3.05, 3.63) is 75.9 Å². The first-order valence-electron chi connectivity index (χ1n) is 9.14. The van der Waals surface area contributed by atoms with Gasteiger partial charge in [0.25, 0.3) is 5.56 Å². The molecule has 4 aromatic rings. The van der Waals surface area contributed by atoms with Crippen molar-refractivity contribution in [3.63, 3.8) is 0 Å². The van der Waals surface area contributed by atoms with Gasteiger partial charge in [-0.1, -0.05) is 60.3 Å². The highest BCUT2D eigenvalue weighted by atomic mass is 32.2. The van der Waals surface area contributed by atoms with Crippen LogP contribution in [0.3, 0.4) is 0 Å². The fraction of sp³-hybridized carbons (Fsp3) is 0.136. The third-order valence-electron chi connectivity index (χ3n) is 4.48. The van der Waals surface area contributed by atoms with Crippen molar-refractivity contribution in [1.29, 1.82) is 0 Å². The maximum atomic E-state index is 12.8. The summed E-state index contributed by atoms with van der Waals surface area (Å²) in [5.74, 6) is -0.142. The number of anilines is 1. The number of thioether (sulfide) groups is 1. The summed E-state index contributed by atoms with van der Waals surface area (Å²) in [6.45, 7) is 3.79. The topological polar surface area (TPSA) is 74.8 Å². The first-order valence-corrected chi connectivity index (χ1v) is 10.8. The van der Waals surface area contributed by atoms with Crippen molar-refractivity contribution in [2.45, 2.75) is 24.3 Å². The van der Waals surface area contributed by atoms with Crippen molar-refractivity contribution >= 4 is 44.9 Å². The van der Waals surface area contributed by atoms with Gasteiger partial charge in [-0.15, -0.1) is 11.3 Å². The minimum Gasteiger partial charge on any atom is -0.325 e. The average molecular weight is 422 g/mol. The number of hydrogen-bond acceptors (Lipinski definition) is 5. The number of aromatic amines is 1. The Labute approximate surface area is 176 Å². The summed E-state index contributed by atoms with van der Waals surface area (Å²) in [6.07, 6.45) is 0. The Bertz CT molecular complexity index is 1220. The molecule has 0 fully saturated rings. The van der Waals surface area contributed by atoms with Crippen LogP contribution in [-0.2, 0) is 4.79 Å². The van der Waals surface area contributed by atoms with E-state index in [-0.39, 0.29) is 11.5 Å². The number of fused-ring (bicyclic) bond motifs is 1. The number of thiophene rings is 1. The van der Waals surface area contributed by atoms with E-state index < -0.39 is 5.25 Å². The van der Waals surface area contributed by atoms with Gasteiger partial charge in [0.05, 0.1) is 10.6 Å². The Morgan fingerprint density at radius 2 is 1.76 bits per heavy atom. The predicted molar refractivity (Wildman–Crippen MR) is 121 cm³/mol. The quantitative estimate of drug-likeness (QED) is 0.348. The monoisotopic (exact) mass is 421 g/mol. The Morgan fingerprint density at radius 1 is 1.10 bits per heavy atom. The third kappa shape index (κ3) is 4.11. The largest absolute Gasteiger partial charge is 0.325 e. The van der Waals surface area contributed by atoms with Crippen LogP contribution in [0.1, 0.15) is 11.8 Å². The van der Waals surface area contributed by atoms with Crippen LogP contribution in [0, 0.1) is 6.92 Å². The molecule has 5 nitrogen and oxygen atoms in total. The van der Waals surface area contributed by atoms with Crippen molar-refractivity contribution < 1.29 is 4.79 Å². The number of hydrogen-bond donors (Lipinski definition) is 2. The van der Waals surface area contributed by atoms with Crippen molar-refractivity contribution in [1.82, 2.24) is 9.97 Å². The van der Waals surface area contributed by atoms with E-state index in [0.717, 1.165) is 21.7 Å². The molecule has 0 aliphatic rings. The van der Waals surface area contributed by atoms with E-state index in [1.54, 1.807) is 6.92 Å². The molecule has 0 bridgehead atoms. The van der Waals surface area contributed by atoms with E-state index in [1.807, 2.05) is 67.6 Å². The predicted octanol–water partition coefficient (Wildman–Crippen LogP) is 5.08. The summed E-state index contributed by atoms with van der Waals surface area (Å²) >= 11 is 2.73. The summed E-state index contributed by atoms with van der Waals surface area (Å²) in [6, 6.07) is 19.1. The number of para-hydroxylation sites is 1. The molecule has 2 aromatic carbocycles. The fourth-order valence-electron chi connectivity index (χ4n) is 3.09. The lowest BCUT2D eigenvalue weighted by molar-refractivity contribution is -0.115. The van der Waals surface area contributed by atoms with Gasteiger partial charge in [0.1, 0.15) is 4.83 Å². The van der Waals surface area contributed by atoms with Crippen LogP contribution in [0.4, 0.5) is 5.69 Å². The smallest absolute Gasteiger partial charge is 0.260 e. The number of rotatable bonds is 5. The van der Waals surface area contributed by atoms with Gasteiger partial charge in [-0.05, 0) is 31.5 Å². The molecule has 29 heavy (non-hydrogen) atoms. The van der Waals surface area contributed by atoms with Crippen LogP contribution in [0.2, 0.25) is 0 Å². The molecule has 7 heteroatoms. The minimum atomic E-state index is -0.412. The van der Waals surface area contributed by atoms with Crippen LogP contribution in [0.25, 0.3) is 21.3 Å². The van der Waals surface area contributed by atoms with Gasteiger partial charge in [-0.3, -0.25) is 9.59 Å². The van der Waals surface area contributed by atoms with Crippen LogP contribution >= 0.6 is 23.1 Å². The molecule has 0 aliphatic heterocycles. The highest BCUT2D eigenvalue weighted by molar-refractivity contribution is 8.00. The summed E-state index contributed by atoms with van der Waals surface area (Å²) in [5, 5.41) is 3.50. The molecule has 1 atom stereocenters. The van der Waals surface area contributed by atoms with Gasteiger partial charge in [-0.25, -0.2) is 4.98 Å². The van der Waals surface area contributed by atoms with Gasteiger partial charge in [0.2, 0.25) is 5.91 Å². The first kappa shape index (κ1) is 19.4. The normalized spacial score (nSPS) is 12.1. The first-order chi connectivity index (χ1) is 14.0. The number of benzene rings is 2. The summed E-state index contributed by atoms with van der Waals surface area (Å²) in [7, 11) is 0. The van der Waals surface area contributed by atoms with Gasteiger partial charge in [-0.2, -0.15) is 0 Å². The minimum absolute atomic E-state index is 0.142. The number of carbonyl (C=O) groups excluding carboxylic acids is 1. The maximum absolute atomic E-state index is 12.8. The molecular weight excluding hydrogens is 402 g/mol.